The van der Waals surface area contributed by atoms with Gasteiger partial charge in [-0.25, -0.2) is 17.6 Å². The van der Waals surface area contributed by atoms with Crippen LogP contribution in [0.3, 0.4) is 0 Å². The summed E-state index contributed by atoms with van der Waals surface area (Å²) >= 11 is 3.02. The third-order valence-corrected chi connectivity index (χ3v) is 3.22. The molecule has 0 aliphatic heterocycles. The Hall–Kier alpha value is -1.69. The van der Waals surface area contributed by atoms with Crippen LogP contribution in [0.1, 0.15) is 34.3 Å². The van der Waals surface area contributed by atoms with Crippen LogP contribution in [0.25, 0.3) is 0 Å². The molecule has 0 spiro atoms. The molecule has 0 unspecified atom stereocenters. The molecule has 0 amide bonds. The second-order valence-corrected chi connectivity index (χ2v) is 4.72. The van der Waals surface area contributed by atoms with Gasteiger partial charge in [0.15, 0.2) is 6.29 Å². The molecular weight excluding hydrogens is 352 g/mol. The van der Waals surface area contributed by atoms with Crippen molar-refractivity contribution in [1.82, 2.24) is 0 Å². The summed E-state index contributed by atoms with van der Waals surface area (Å²) in [6, 6.07) is 11.9. The van der Waals surface area contributed by atoms with E-state index in [0.717, 1.165) is 0 Å². The predicted molar refractivity (Wildman–Crippen MR) is 75.9 cm³/mol. The summed E-state index contributed by atoms with van der Waals surface area (Å²) < 4.78 is 48.6. The lowest BCUT2D eigenvalue weighted by molar-refractivity contribution is 0.110. The van der Waals surface area contributed by atoms with Crippen LogP contribution in [0.4, 0.5) is 17.6 Å². The van der Waals surface area contributed by atoms with Crippen molar-refractivity contribution in [3.05, 3.63) is 69.7 Å². The molecule has 0 atom stereocenters. The lowest BCUT2D eigenvalue weighted by Gasteiger charge is -2.00. The minimum atomic E-state index is -2.57. The Balaban J connectivity index is 0.000000211. The average Bonchev–Trinajstić information content (AvgIpc) is 2.48. The Morgan fingerprint density at radius 2 is 1.29 bits per heavy atom. The molecule has 0 aromatic heterocycles. The molecule has 0 saturated carbocycles. The number of halogens is 5. The Bertz CT molecular complexity index is 587. The van der Waals surface area contributed by atoms with Crippen molar-refractivity contribution < 1.29 is 22.4 Å². The van der Waals surface area contributed by atoms with E-state index in [1.165, 1.54) is 24.3 Å². The summed E-state index contributed by atoms with van der Waals surface area (Å²) in [5.74, 6) is 0. The number of rotatable bonds is 3. The molecule has 0 N–H and O–H groups in total. The number of carbonyl (C=O) groups is 1. The van der Waals surface area contributed by atoms with Gasteiger partial charge in [-0.3, -0.25) is 4.79 Å². The first-order chi connectivity index (χ1) is 9.97. The molecule has 0 saturated heterocycles. The highest BCUT2D eigenvalue weighted by Gasteiger charge is 2.10. The second-order valence-electron chi connectivity index (χ2n) is 3.87. The molecule has 21 heavy (non-hydrogen) atoms. The maximum Gasteiger partial charge on any atom is 0.264 e. The fraction of sp³-hybridized carbons (Fsp3) is 0.133. The molecule has 0 bridgehead atoms. The van der Waals surface area contributed by atoms with Gasteiger partial charge in [-0.1, -0.05) is 58.4 Å². The van der Waals surface area contributed by atoms with Crippen LogP contribution in [0.15, 0.2) is 53.0 Å². The zero-order chi connectivity index (χ0) is 15.8. The predicted octanol–water partition coefficient (Wildman–Crippen LogP) is 5.82. The molecule has 2 aromatic carbocycles. The van der Waals surface area contributed by atoms with E-state index in [2.05, 4.69) is 15.9 Å². The summed E-state index contributed by atoms with van der Waals surface area (Å²) in [6.07, 6.45) is -4.53. The van der Waals surface area contributed by atoms with E-state index >= 15 is 0 Å². The maximum atomic E-state index is 12.1. The van der Waals surface area contributed by atoms with Crippen LogP contribution in [-0.4, -0.2) is 6.29 Å². The van der Waals surface area contributed by atoms with Gasteiger partial charge < -0.3 is 0 Å². The summed E-state index contributed by atoms with van der Waals surface area (Å²) in [7, 11) is 0. The van der Waals surface area contributed by atoms with Crippen LogP contribution >= 0.6 is 15.9 Å². The molecule has 0 fully saturated rings. The first-order valence-electron chi connectivity index (χ1n) is 5.82. The molecule has 0 aliphatic rings. The molecule has 0 heterocycles. The molecular formula is C15H11BrF4O. The fourth-order valence-corrected chi connectivity index (χ4v) is 1.93. The minimum absolute atomic E-state index is 0.0440. The van der Waals surface area contributed by atoms with Crippen LogP contribution in [0.2, 0.25) is 0 Å². The third-order valence-electron chi connectivity index (χ3n) is 2.50. The standard InChI is InChI=1S/C8H6F2O.C7H5BrF2/c9-8(10)7-4-2-1-3-6(7)5-11;8-6-4-2-1-3-5(6)7(9)10/h1-5,8H;1-4,7H. The first kappa shape index (κ1) is 17.4. The zero-order valence-electron chi connectivity index (χ0n) is 10.6. The summed E-state index contributed by atoms with van der Waals surface area (Å²) in [4.78, 5) is 10.2. The van der Waals surface area contributed by atoms with Crippen molar-refractivity contribution >= 4 is 22.2 Å². The Kier molecular flexibility index (Phi) is 7.08. The van der Waals surface area contributed by atoms with Crippen molar-refractivity contribution in [2.75, 3.05) is 0 Å². The van der Waals surface area contributed by atoms with E-state index in [-0.39, 0.29) is 16.7 Å². The van der Waals surface area contributed by atoms with Gasteiger partial charge in [-0.05, 0) is 6.07 Å². The van der Waals surface area contributed by atoms with Gasteiger partial charge in [-0.15, -0.1) is 0 Å². The van der Waals surface area contributed by atoms with Gasteiger partial charge in [0.05, 0.1) is 0 Å². The first-order valence-corrected chi connectivity index (χ1v) is 6.61. The summed E-state index contributed by atoms with van der Waals surface area (Å²) in [6.45, 7) is 0. The molecule has 0 radical (unpaired) electrons. The Labute approximate surface area is 127 Å². The number of carbonyl (C=O) groups excluding carboxylic acids is 1. The topological polar surface area (TPSA) is 17.1 Å². The highest BCUT2D eigenvalue weighted by molar-refractivity contribution is 9.10. The quantitative estimate of drug-likeness (QED) is 0.496. The monoisotopic (exact) mass is 362 g/mol. The Morgan fingerprint density at radius 1 is 0.810 bits per heavy atom. The van der Waals surface area contributed by atoms with Crippen LogP contribution in [-0.2, 0) is 0 Å². The number of benzene rings is 2. The van der Waals surface area contributed by atoms with Crippen molar-refractivity contribution in [3.63, 3.8) is 0 Å². The van der Waals surface area contributed by atoms with Gasteiger partial charge in [-0.2, -0.15) is 0 Å². The fourth-order valence-electron chi connectivity index (χ4n) is 1.47. The van der Waals surface area contributed by atoms with Crippen LogP contribution in [0, 0.1) is 0 Å². The summed E-state index contributed by atoms with van der Waals surface area (Å²) in [5, 5.41) is 0. The lowest BCUT2D eigenvalue weighted by atomic mass is 10.1. The van der Waals surface area contributed by atoms with Crippen molar-refractivity contribution in [2.45, 2.75) is 12.9 Å². The Morgan fingerprint density at radius 3 is 1.67 bits per heavy atom. The van der Waals surface area contributed by atoms with Gasteiger partial charge in [0.25, 0.3) is 12.9 Å². The van der Waals surface area contributed by atoms with E-state index in [0.29, 0.717) is 10.8 Å². The number of alkyl halides is 4. The maximum absolute atomic E-state index is 12.1. The minimum Gasteiger partial charge on any atom is -0.298 e. The van der Waals surface area contributed by atoms with E-state index < -0.39 is 12.9 Å². The molecule has 112 valence electrons. The van der Waals surface area contributed by atoms with Gasteiger partial charge in [0.2, 0.25) is 0 Å². The van der Waals surface area contributed by atoms with Crippen molar-refractivity contribution in [3.8, 4) is 0 Å². The van der Waals surface area contributed by atoms with Crippen molar-refractivity contribution in [1.29, 1.82) is 0 Å². The van der Waals surface area contributed by atoms with Crippen LogP contribution < -0.4 is 0 Å². The smallest absolute Gasteiger partial charge is 0.264 e. The van der Waals surface area contributed by atoms with E-state index in [9.17, 15) is 22.4 Å². The molecule has 2 aromatic rings. The second kappa shape index (κ2) is 8.56. The molecule has 2 rings (SSSR count). The average molecular weight is 363 g/mol. The number of aldehydes is 1. The number of hydrogen-bond donors (Lipinski definition) is 0. The summed E-state index contributed by atoms with van der Waals surface area (Å²) in [5.41, 5.74) is -0.104. The highest BCUT2D eigenvalue weighted by Crippen LogP contribution is 2.26. The highest BCUT2D eigenvalue weighted by atomic mass is 79.9. The SMILES string of the molecule is FC(F)c1ccccc1Br.O=Cc1ccccc1C(F)F. The van der Waals surface area contributed by atoms with Gasteiger partial charge in [0, 0.05) is 21.2 Å². The molecule has 0 aliphatic carbocycles. The van der Waals surface area contributed by atoms with Gasteiger partial charge >= 0.3 is 0 Å². The molecule has 1 nitrogen and oxygen atoms in total. The van der Waals surface area contributed by atoms with Crippen LogP contribution in [0.5, 0.6) is 0 Å². The molecule has 6 heteroatoms. The van der Waals surface area contributed by atoms with E-state index in [4.69, 9.17) is 0 Å². The van der Waals surface area contributed by atoms with E-state index in [1.807, 2.05) is 0 Å². The van der Waals surface area contributed by atoms with Gasteiger partial charge in [0.1, 0.15) is 0 Å². The van der Waals surface area contributed by atoms with Crippen molar-refractivity contribution in [2.24, 2.45) is 0 Å². The normalized spacial score (nSPS) is 10.2. The number of hydrogen-bond acceptors (Lipinski definition) is 1. The third kappa shape index (κ3) is 5.30. The van der Waals surface area contributed by atoms with E-state index in [1.54, 1.807) is 24.3 Å². The zero-order valence-corrected chi connectivity index (χ0v) is 12.2. The lowest BCUT2D eigenvalue weighted by Crippen LogP contribution is -1.91. The largest absolute Gasteiger partial charge is 0.298 e.